The number of nitrogens with zero attached hydrogens (tertiary/aromatic N) is 1. The maximum atomic E-state index is 12.9. The second-order valence-electron chi connectivity index (χ2n) is 5.64. The minimum absolute atomic E-state index is 0.276. The van der Waals surface area contributed by atoms with Crippen LogP contribution in [0.4, 0.5) is 4.39 Å². The fourth-order valence-corrected chi connectivity index (χ4v) is 2.45. The molecule has 3 aromatic carbocycles. The standard InChI is InChI=1S/C21H14ClFN2O3/c22-19-4-2-1-3-18(19)21(27)28-17-11-5-14(6-12-17)13-24-25-20(26)15-7-9-16(23)10-8-15/h1-13H,(H,25,26)/b24-13-. The summed E-state index contributed by atoms with van der Waals surface area (Å²) in [6.07, 6.45) is 1.43. The first-order chi connectivity index (χ1) is 13.5. The highest BCUT2D eigenvalue weighted by molar-refractivity contribution is 6.33. The van der Waals surface area contributed by atoms with E-state index in [0.29, 0.717) is 21.9 Å². The Balaban J connectivity index is 1.57. The van der Waals surface area contributed by atoms with E-state index < -0.39 is 17.7 Å². The summed E-state index contributed by atoms with van der Waals surface area (Å²) in [7, 11) is 0. The second-order valence-corrected chi connectivity index (χ2v) is 6.05. The highest BCUT2D eigenvalue weighted by atomic mass is 35.5. The van der Waals surface area contributed by atoms with Crippen molar-refractivity contribution in [1.29, 1.82) is 0 Å². The van der Waals surface area contributed by atoms with Crippen LogP contribution in [-0.4, -0.2) is 18.1 Å². The number of hydrogen-bond acceptors (Lipinski definition) is 4. The van der Waals surface area contributed by atoms with E-state index in [-0.39, 0.29) is 5.56 Å². The lowest BCUT2D eigenvalue weighted by atomic mass is 10.2. The van der Waals surface area contributed by atoms with Gasteiger partial charge in [0.15, 0.2) is 0 Å². The molecular formula is C21H14ClFN2O3. The molecule has 0 saturated carbocycles. The molecule has 0 aliphatic rings. The van der Waals surface area contributed by atoms with Crippen LogP contribution >= 0.6 is 11.6 Å². The van der Waals surface area contributed by atoms with Gasteiger partial charge in [-0.1, -0.05) is 23.7 Å². The zero-order valence-corrected chi connectivity index (χ0v) is 15.2. The highest BCUT2D eigenvalue weighted by Crippen LogP contribution is 2.18. The number of carbonyl (C=O) groups excluding carboxylic acids is 2. The molecule has 1 N–H and O–H groups in total. The molecular weight excluding hydrogens is 383 g/mol. The predicted molar refractivity (Wildman–Crippen MR) is 104 cm³/mol. The van der Waals surface area contributed by atoms with Gasteiger partial charge in [-0.25, -0.2) is 14.6 Å². The number of rotatable bonds is 5. The smallest absolute Gasteiger partial charge is 0.345 e. The van der Waals surface area contributed by atoms with Crippen molar-refractivity contribution >= 4 is 29.7 Å². The molecule has 0 atom stereocenters. The van der Waals surface area contributed by atoms with Gasteiger partial charge in [0.1, 0.15) is 11.6 Å². The maximum Gasteiger partial charge on any atom is 0.345 e. The van der Waals surface area contributed by atoms with Crippen LogP contribution in [0.3, 0.4) is 0 Å². The Bertz CT molecular complexity index is 1020. The van der Waals surface area contributed by atoms with Crippen molar-refractivity contribution in [3.63, 3.8) is 0 Å². The first kappa shape index (κ1) is 19.3. The molecule has 3 rings (SSSR count). The quantitative estimate of drug-likeness (QED) is 0.299. The van der Waals surface area contributed by atoms with E-state index in [9.17, 15) is 14.0 Å². The molecule has 5 nitrogen and oxygen atoms in total. The van der Waals surface area contributed by atoms with E-state index in [4.69, 9.17) is 16.3 Å². The Labute approximate surface area is 165 Å². The molecule has 140 valence electrons. The molecule has 0 aromatic heterocycles. The van der Waals surface area contributed by atoms with Crippen LogP contribution in [0, 0.1) is 5.82 Å². The van der Waals surface area contributed by atoms with Crippen molar-refractivity contribution in [3.05, 3.63) is 100 Å². The van der Waals surface area contributed by atoms with Gasteiger partial charge in [0, 0.05) is 5.56 Å². The van der Waals surface area contributed by atoms with Crippen LogP contribution in [0.1, 0.15) is 26.3 Å². The van der Waals surface area contributed by atoms with Crippen LogP contribution < -0.4 is 10.2 Å². The molecule has 0 spiro atoms. The number of nitrogens with one attached hydrogen (secondary N) is 1. The van der Waals surface area contributed by atoms with E-state index in [0.717, 1.165) is 0 Å². The third-order valence-electron chi connectivity index (χ3n) is 3.67. The SMILES string of the molecule is O=C(N/N=C\c1ccc(OC(=O)c2ccccc2Cl)cc1)c1ccc(F)cc1. The fourth-order valence-electron chi connectivity index (χ4n) is 2.24. The molecule has 0 unspecified atom stereocenters. The largest absolute Gasteiger partial charge is 0.423 e. The summed E-state index contributed by atoms with van der Waals surface area (Å²) < 4.78 is 18.1. The lowest BCUT2D eigenvalue weighted by molar-refractivity contribution is 0.0734. The number of amides is 1. The average molecular weight is 397 g/mol. The van der Waals surface area contributed by atoms with E-state index in [1.807, 2.05) is 0 Å². The van der Waals surface area contributed by atoms with Crippen LogP contribution in [0.2, 0.25) is 5.02 Å². The Morgan fingerprint density at radius 2 is 1.64 bits per heavy atom. The Kier molecular flexibility index (Phi) is 6.14. The van der Waals surface area contributed by atoms with Gasteiger partial charge in [-0.05, 0) is 66.2 Å². The lowest BCUT2D eigenvalue weighted by Crippen LogP contribution is -2.17. The third-order valence-corrected chi connectivity index (χ3v) is 4.00. The van der Waals surface area contributed by atoms with Crippen LogP contribution in [0.5, 0.6) is 5.75 Å². The summed E-state index contributed by atoms with van der Waals surface area (Å²) in [5.74, 6) is -1.09. The van der Waals surface area contributed by atoms with Gasteiger partial charge >= 0.3 is 5.97 Å². The molecule has 3 aromatic rings. The highest BCUT2D eigenvalue weighted by Gasteiger charge is 2.12. The number of carbonyl (C=O) groups is 2. The van der Waals surface area contributed by atoms with Crippen LogP contribution in [0.15, 0.2) is 77.9 Å². The minimum Gasteiger partial charge on any atom is -0.423 e. The van der Waals surface area contributed by atoms with Crippen molar-refractivity contribution in [3.8, 4) is 5.75 Å². The molecule has 0 saturated heterocycles. The fraction of sp³-hybridized carbons (Fsp3) is 0. The Morgan fingerprint density at radius 1 is 0.964 bits per heavy atom. The van der Waals surface area contributed by atoms with Crippen molar-refractivity contribution in [1.82, 2.24) is 5.43 Å². The predicted octanol–water partition coefficient (Wildman–Crippen LogP) is 4.46. The maximum absolute atomic E-state index is 12.9. The molecule has 1 amide bonds. The normalized spacial score (nSPS) is 10.6. The average Bonchev–Trinajstić information content (AvgIpc) is 2.70. The van der Waals surface area contributed by atoms with Gasteiger partial charge in [0.05, 0.1) is 16.8 Å². The number of esters is 1. The molecule has 7 heteroatoms. The number of halogens is 2. The third kappa shape index (κ3) is 5.02. The van der Waals surface area contributed by atoms with Crippen LogP contribution in [-0.2, 0) is 0 Å². The molecule has 28 heavy (non-hydrogen) atoms. The number of hydrogen-bond donors (Lipinski definition) is 1. The molecule has 0 aliphatic carbocycles. The summed E-state index contributed by atoms with van der Waals surface area (Å²) in [5.41, 5.74) is 3.60. The zero-order chi connectivity index (χ0) is 19.9. The van der Waals surface area contributed by atoms with E-state index in [1.54, 1.807) is 48.5 Å². The summed E-state index contributed by atoms with van der Waals surface area (Å²) >= 11 is 5.97. The Morgan fingerprint density at radius 3 is 2.32 bits per heavy atom. The minimum atomic E-state index is -0.557. The summed E-state index contributed by atoms with van der Waals surface area (Å²) in [6, 6.07) is 18.3. The number of hydrazone groups is 1. The first-order valence-electron chi connectivity index (χ1n) is 8.19. The molecule has 0 heterocycles. The van der Waals surface area contributed by atoms with Crippen molar-refractivity contribution in [2.75, 3.05) is 0 Å². The molecule has 0 bridgehead atoms. The summed E-state index contributed by atoms with van der Waals surface area (Å²) in [5, 5.41) is 4.16. The van der Waals surface area contributed by atoms with Gasteiger partial charge in [-0.3, -0.25) is 4.79 Å². The topological polar surface area (TPSA) is 67.8 Å². The van der Waals surface area contributed by atoms with Crippen molar-refractivity contribution in [2.45, 2.75) is 0 Å². The molecule has 0 radical (unpaired) electrons. The van der Waals surface area contributed by atoms with Gasteiger partial charge in [-0.2, -0.15) is 5.10 Å². The summed E-state index contributed by atoms with van der Waals surface area (Å²) in [6.45, 7) is 0. The monoisotopic (exact) mass is 396 g/mol. The van der Waals surface area contributed by atoms with E-state index in [1.165, 1.54) is 30.5 Å². The van der Waals surface area contributed by atoms with Gasteiger partial charge < -0.3 is 4.74 Å². The van der Waals surface area contributed by atoms with Crippen molar-refractivity contribution in [2.24, 2.45) is 5.10 Å². The van der Waals surface area contributed by atoms with Gasteiger partial charge in [0.25, 0.3) is 5.91 Å². The Hall–Kier alpha value is -3.51. The van der Waals surface area contributed by atoms with E-state index >= 15 is 0 Å². The number of benzene rings is 3. The molecule has 0 aliphatic heterocycles. The number of ether oxygens (including phenoxy) is 1. The zero-order valence-electron chi connectivity index (χ0n) is 14.4. The van der Waals surface area contributed by atoms with Gasteiger partial charge in [-0.15, -0.1) is 0 Å². The van der Waals surface area contributed by atoms with Crippen molar-refractivity contribution < 1.29 is 18.7 Å². The lowest BCUT2D eigenvalue weighted by Gasteiger charge is -2.06. The summed E-state index contributed by atoms with van der Waals surface area (Å²) in [4.78, 5) is 24.0. The van der Waals surface area contributed by atoms with E-state index in [2.05, 4.69) is 10.5 Å². The first-order valence-corrected chi connectivity index (χ1v) is 8.56. The molecule has 0 fully saturated rings. The van der Waals surface area contributed by atoms with Crippen LogP contribution in [0.25, 0.3) is 0 Å². The second kappa shape index (κ2) is 8.92. The van der Waals surface area contributed by atoms with Gasteiger partial charge in [0.2, 0.25) is 0 Å².